The van der Waals surface area contributed by atoms with E-state index >= 15 is 0 Å². The molecular weight excluding hydrogens is 344 g/mol. The number of carbonyl (C=O) groups excluding carboxylic acids is 2. The Morgan fingerprint density at radius 2 is 1.65 bits per heavy atom. The highest BCUT2D eigenvalue weighted by Crippen LogP contribution is 2.34. The van der Waals surface area contributed by atoms with Crippen molar-refractivity contribution in [3.05, 3.63) is 74.3 Å². The number of para-hydroxylation sites is 1. The van der Waals surface area contributed by atoms with Gasteiger partial charge >= 0.3 is 0 Å². The average molecular weight is 354 g/mol. The van der Waals surface area contributed by atoms with Gasteiger partial charge < -0.3 is 5.32 Å². The van der Waals surface area contributed by atoms with Gasteiger partial charge in [0, 0.05) is 23.4 Å². The third kappa shape index (κ3) is 3.11. The van der Waals surface area contributed by atoms with Crippen LogP contribution in [-0.4, -0.2) is 21.7 Å². The van der Waals surface area contributed by atoms with Crippen LogP contribution in [0.4, 0.5) is 22.7 Å². The minimum Gasteiger partial charge on any atom is -0.349 e. The van der Waals surface area contributed by atoms with Crippen molar-refractivity contribution >= 4 is 40.1 Å². The number of nitro benzene ring substituents is 2. The second-order valence-electron chi connectivity index (χ2n) is 5.26. The van der Waals surface area contributed by atoms with Gasteiger partial charge in [0.25, 0.3) is 23.2 Å². The molecule has 1 aliphatic rings. The van der Waals surface area contributed by atoms with Gasteiger partial charge in [0.05, 0.1) is 21.5 Å². The fraction of sp³-hybridized carbons (Fsp3) is 0. The van der Waals surface area contributed by atoms with E-state index in [-0.39, 0.29) is 11.3 Å². The number of anilines is 2. The second kappa shape index (κ2) is 6.43. The SMILES string of the molecule is O=C1C=C(c2ccccc2Nc2ccc([N+](=O)[O-])cc2[N+](=O)[O-])C(=O)N1. The Hall–Kier alpha value is -4.08. The summed E-state index contributed by atoms with van der Waals surface area (Å²) in [4.78, 5) is 43.8. The lowest BCUT2D eigenvalue weighted by Crippen LogP contribution is -2.21. The molecule has 2 aromatic rings. The van der Waals surface area contributed by atoms with E-state index in [0.29, 0.717) is 11.3 Å². The van der Waals surface area contributed by atoms with Crippen LogP contribution in [0.3, 0.4) is 0 Å². The largest absolute Gasteiger partial charge is 0.349 e. The van der Waals surface area contributed by atoms with E-state index in [2.05, 4.69) is 10.6 Å². The van der Waals surface area contributed by atoms with Gasteiger partial charge in [0.15, 0.2) is 0 Å². The van der Waals surface area contributed by atoms with Crippen molar-refractivity contribution in [2.75, 3.05) is 5.32 Å². The molecule has 0 spiro atoms. The van der Waals surface area contributed by atoms with Gasteiger partial charge in [-0.25, -0.2) is 0 Å². The molecule has 0 unspecified atom stereocenters. The fourth-order valence-electron chi connectivity index (χ4n) is 2.47. The summed E-state index contributed by atoms with van der Waals surface area (Å²) in [6.07, 6.45) is 1.13. The minimum atomic E-state index is -0.747. The van der Waals surface area contributed by atoms with Crippen LogP contribution in [0, 0.1) is 20.2 Å². The normalized spacial score (nSPS) is 13.2. The van der Waals surface area contributed by atoms with E-state index in [0.717, 1.165) is 18.2 Å². The van der Waals surface area contributed by atoms with Crippen LogP contribution in [0.15, 0.2) is 48.5 Å². The van der Waals surface area contributed by atoms with Crippen LogP contribution in [0.25, 0.3) is 5.57 Å². The lowest BCUT2D eigenvalue weighted by atomic mass is 10.0. The topological polar surface area (TPSA) is 144 Å². The number of non-ortho nitro benzene ring substituents is 1. The van der Waals surface area contributed by atoms with Crippen molar-refractivity contribution in [1.29, 1.82) is 0 Å². The highest BCUT2D eigenvalue weighted by Gasteiger charge is 2.25. The number of nitrogens with zero attached hydrogens (tertiary/aromatic N) is 2. The molecule has 1 aliphatic heterocycles. The lowest BCUT2D eigenvalue weighted by molar-refractivity contribution is -0.393. The zero-order valence-electron chi connectivity index (χ0n) is 13.0. The first kappa shape index (κ1) is 16.8. The number of carbonyl (C=O) groups is 2. The molecule has 0 fully saturated rings. The molecule has 10 nitrogen and oxygen atoms in total. The third-order valence-electron chi connectivity index (χ3n) is 3.63. The predicted molar refractivity (Wildman–Crippen MR) is 90.6 cm³/mol. The summed E-state index contributed by atoms with van der Waals surface area (Å²) in [7, 11) is 0. The van der Waals surface area contributed by atoms with Crippen molar-refractivity contribution in [3.8, 4) is 0 Å². The lowest BCUT2D eigenvalue weighted by Gasteiger charge is -2.12. The standard InChI is InChI=1S/C16H10N4O6/c21-15-8-11(16(22)18-15)10-3-1-2-4-12(10)17-13-6-5-9(19(23)24)7-14(13)20(25)26/h1-8,17H,(H,18,21,22). The Labute approximate surface area is 145 Å². The van der Waals surface area contributed by atoms with Crippen LogP contribution in [-0.2, 0) is 9.59 Å². The van der Waals surface area contributed by atoms with Crippen LogP contribution >= 0.6 is 0 Å². The number of imide groups is 1. The summed E-state index contributed by atoms with van der Waals surface area (Å²) in [5, 5.41) is 27.0. The molecule has 2 aromatic carbocycles. The summed E-state index contributed by atoms with van der Waals surface area (Å²) in [5.41, 5.74) is -0.0842. The van der Waals surface area contributed by atoms with Gasteiger partial charge in [-0.05, 0) is 12.1 Å². The number of benzene rings is 2. The Morgan fingerprint density at radius 3 is 2.27 bits per heavy atom. The van der Waals surface area contributed by atoms with Crippen molar-refractivity contribution in [1.82, 2.24) is 5.32 Å². The van der Waals surface area contributed by atoms with E-state index in [4.69, 9.17) is 0 Å². The summed E-state index contributed by atoms with van der Waals surface area (Å²) >= 11 is 0. The number of hydrogen-bond donors (Lipinski definition) is 2. The maximum atomic E-state index is 11.9. The van der Waals surface area contributed by atoms with E-state index in [1.54, 1.807) is 24.3 Å². The number of hydrogen-bond acceptors (Lipinski definition) is 7. The van der Waals surface area contributed by atoms with Gasteiger partial charge in [-0.2, -0.15) is 0 Å². The van der Waals surface area contributed by atoms with Crippen molar-refractivity contribution in [3.63, 3.8) is 0 Å². The van der Waals surface area contributed by atoms with E-state index in [1.165, 1.54) is 6.07 Å². The molecular formula is C16H10N4O6. The van der Waals surface area contributed by atoms with Crippen molar-refractivity contribution < 1.29 is 19.4 Å². The molecule has 2 N–H and O–H groups in total. The van der Waals surface area contributed by atoms with Crippen LogP contribution < -0.4 is 10.6 Å². The molecule has 0 aliphatic carbocycles. The second-order valence-corrected chi connectivity index (χ2v) is 5.26. The number of nitrogens with one attached hydrogen (secondary N) is 2. The van der Waals surface area contributed by atoms with Crippen LogP contribution in [0.5, 0.6) is 0 Å². The van der Waals surface area contributed by atoms with Crippen LogP contribution in [0.1, 0.15) is 5.56 Å². The molecule has 26 heavy (non-hydrogen) atoms. The molecule has 0 saturated heterocycles. The quantitative estimate of drug-likeness (QED) is 0.476. The maximum absolute atomic E-state index is 11.9. The number of amides is 2. The molecule has 0 atom stereocenters. The Morgan fingerprint density at radius 1 is 0.923 bits per heavy atom. The highest BCUT2D eigenvalue weighted by atomic mass is 16.6. The van der Waals surface area contributed by atoms with Crippen molar-refractivity contribution in [2.45, 2.75) is 0 Å². The van der Waals surface area contributed by atoms with Gasteiger partial charge in [0.2, 0.25) is 0 Å². The zero-order chi connectivity index (χ0) is 18.8. The smallest absolute Gasteiger partial charge is 0.299 e. The molecule has 0 bridgehead atoms. The molecule has 10 heteroatoms. The monoisotopic (exact) mass is 354 g/mol. The van der Waals surface area contributed by atoms with E-state index < -0.39 is 33.0 Å². The Kier molecular flexibility index (Phi) is 4.15. The molecule has 0 radical (unpaired) electrons. The summed E-state index contributed by atoms with van der Waals surface area (Å²) < 4.78 is 0. The van der Waals surface area contributed by atoms with Gasteiger partial charge in [-0.15, -0.1) is 0 Å². The average Bonchev–Trinajstić information content (AvgIpc) is 2.93. The summed E-state index contributed by atoms with van der Waals surface area (Å²) in [5.74, 6) is -1.14. The molecule has 2 amide bonds. The Bertz CT molecular complexity index is 998. The molecule has 0 saturated carbocycles. The third-order valence-corrected chi connectivity index (χ3v) is 3.63. The van der Waals surface area contributed by atoms with Gasteiger partial charge in [-0.3, -0.25) is 35.1 Å². The maximum Gasteiger partial charge on any atom is 0.299 e. The molecule has 3 rings (SSSR count). The van der Waals surface area contributed by atoms with Crippen LogP contribution in [0.2, 0.25) is 0 Å². The van der Waals surface area contributed by atoms with E-state index in [9.17, 15) is 29.8 Å². The summed E-state index contributed by atoms with van der Waals surface area (Å²) in [6.45, 7) is 0. The zero-order valence-corrected chi connectivity index (χ0v) is 13.0. The van der Waals surface area contributed by atoms with Gasteiger partial charge in [0.1, 0.15) is 5.69 Å². The van der Waals surface area contributed by atoms with E-state index in [1.807, 2.05) is 0 Å². The van der Waals surface area contributed by atoms with Crippen molar-refractivity contribution in [2.24, 2.45) is 0 Å². The predicted octanol–water partition coefficient (Wildman–Crippen LogP) is 2.29. The first-order valence-electron chi connectivity index (χ1n) is 7.23. The molecule has 0 aromatic heterocycles. The highest BCUT2D eigenvalue weighted by molar-refractivity contribution is 6.34. The first-order chi connectivity index (χ1) is 12.4. The number of rotatable bonds is 5. The fourth-order valence-corrected chi connectivity index (χ4v) is 2.47. The minimum absolute atomic E-state index is 0.0124. The number of nitro groups is 2. The summed E-state index contributed by atoms with van der Waals surface area (Å²) in [6, 6.07) is 9.60. The molecule has 1 heterocycles. The van der Waals surface area contributed by atoms with Gasteiger partial charge in [-0.1, -0.05) is 18.2 Å². The molecule has 130 valence electrons. The first-order valence-corrected chi connectivity index (χ1v) is 7.23. The Balaban J connectivity index is 2.04.